The standard InChI is InChI=1S/C32H30N2O3/c1-17-15-31(3,4)33-25-13-27-23(11-21(17)25)29(19-7-9-20(10-8-19)30(35)36)24-12-22-18(2)16-32(5,6)34-26(22)14-28(24)37-27/h7-16,33H,1-6H3,(H,35,36). The lowest BCUT2D eigenvalue weighted by Crippen LogP contribution is -2.32. The summed E-state index contributed by atoms with van der Waals surface area (Å²) in [5.41, 5.74) is 8.41. The van der Waals surface area contributed by atoms with Crippen molar-refractivity contribution in [3.05, 3.63) is 99.1 Å². The number of allylic oxidation sites excluding steroid dienone is 2. The van der Waals surface area contributed by atoms with Crippen LogP contribution in [0.3, 0.4) is 0 Å². The van der Waals surface area contributed by atoms with Gasteiger partial charge >= 0.3 is 5.97 Å². The first-order chi connectivity index (χ1) is 17.4. The van der Waals surface area contributed by atoms with Gasteiger partial charge in [-0.15, -0.1) is 0 Å². The number of ether oxygens (including phenoxy) is 1. The first-order valence-corrected chi connectivity index (χ1v) is 12.6. The molecule has 5 heteroatoms. The highest BCUT2D eigenvalue weighted by atomic mass is 16.5. The van der Waals surface area contributed by atoms with E-state index in [9.17, 15) is 9.90 Å². The van der Waals surface area contributed by atoms with Crippen LogP contribution in [0.25, 0.3) is 16.7 Å². The largest absolute Gasteiger partial charge is 0.478 e. The van der Waals surface area contributed by atoms with Crippen molar-refractivity contribution in [1.29, 1.82) is 0 Å². The molecular formula is C32H30N2O3. The third-order valence-electron chi connectivity index (χ3n) is 7.26. The molecule has 0 unspecified atom stereocenters. The minimum Gasteiger partial charge on any atom is -0.478 e. The molecule has 0 spiro atoms. The molecule has 3 aromatic carbocycles. The van der Waals surface area contributed by atoms with Gasteiger partial charge in [-0.25, -0.2) is 4.79 Å². The smallest absolute Gasteiger partial charge is 0.335 e. The van der Waals surface area contributed by atoms with Gasteiger partial charge in [-0.1, -0.05) is 24.3 Å². The second-order valence-corrected chi connectivity index (χ2v) is 11.4. The Hall–Kier alpha value is -4.12. The van der Waals surface area contributed by atoms with E-state index in [4.69, 9.17) is 9.73 Å². The topological polar surface area (TPSA) is 70.9 Å². The fraction of sp³-hybridized carbons (Fsp3) is 0.250. The minimum atomic E-state index is -0.938. The van der Waals surface area contributed by atoms with Crippen LogP contribution in [0.1, 0.15) is 74.2 Å². The van der Waals surface area contributed by atoms with E-state index < -0.39 is 5.97 Å². The average molecular weight is 491 g/mol. The van der Waals surface area contributed by atoms with Crippen LogP contribution >= 0.6 is 0 Å². The molecular weight excluding hydrogens is 460 g/mol. The molecule has 0 bridgehead atoms. The summed E-state index contributed by atoms with van der Waals surface area (Å²) < 4.78 is 6.58. The second-order valence-electron chi connectivity index (χ2n) is 11.4. The van der Waals surface area contributed by atoms with E-state index in [2.05, 4.69) is 77.2 Å². The monoisotopic (exact) mass is 490 g/mol. The lowest BCUT2D eigenvalue weighted by molar-refractivity contribution is 0.0697. The fourth-order valence-corrected chi connectivity index (χ4v) is 5.85. The first kappa shape index (κ1) is 23.3. The fourth-order valence-electron chi connectivity index (χ4n) is 5.85. The molecule has 0 amide bonds. The molecule has 0 aromatic heterocycles. The molecule has 5 nitrogen and oxygen atoms in total. The van der Waals surface area contributed by atoms with Crippen LogP contribution in [0, 0.1) is 0 Å². The summed E-state index contributed by atoms with van der Waals surface area (Å²) in [5, 5.41) is 15.0. The highest BCUT2D eigenvalue weighted by molar-refractivity contribution is 5.93. The number of aromatic carboxylic acids is 1. The Labute approximate surface area is 216 Å². The average Bonchev–Trinajstić information content (AvgIpc) is 2.79. The van der Waals surface area contributed by atoms with E-state index >= 15 is 0 Å². The van der Waals surface area contributed by atoms with Crippen molar-refractivity contribution in [2.75, 3.05) is 5.32 Å². The molecule has 0 saturated carbocycles. The van der Waals surface area contributed by atoms with Crippen LogP contribution in [0.2, 0.25) is 0 Å². The van der Waals surface area contributed by atoms with Crippen molar-refractivity contribution >= 4 is 28.4 Å². The maximum Gasteiger partial charge on any atom is 0.335 e. The van der Waals surface area contributed by atoms with Gasteiger partial charge in [0.25, 0.3) is 0 Å². The normalized spacial score (nSPS) is 17.9. The van der Waals surface area contributed by atoms with Crippen molar-refractivity contribution in [2.24, 2.45) is 4.99 Å². The summed E-state index contributed by atoms with van der Waals surface area (Å²) in [6, 6.07) is 15.6. The number of carbonyl (C=O) groups is 1. The Morgan fingerprint density at radius 3 is 2.27 bits per heavy atom. The third kappa shape index (κ3) is 3.86. The molecule has 0 radical (unpaired) electrons. The molecule has 3 aromatic rings. The predicted molar refractivity (Wildman–Crippen MR) is 148 cm³/mol. The van der Waals surface area contributed by atoms with Gasteiger partial charge in [-0.05, 0) is 82.5 Å². The van der Waals surface area contributed by atoms with Crippen LogP contribution in [0.4, 0.5) is 5.69 Å². The molecule has 3 aliphatic rings. The van der Waals surface area contributed by atoms with Gasteiger partial charge in [0.1, 0.15) is 11.5 Å². The highest BCUT2D eigenvalue weighted by Gasteiger charge is 2.29. The summed E-state index contributed by atoms with van der Waals surface area (Å²) >= 11 is 0. The van der Waals surface area contributed by atoms with E-state index in [0.717, 1.165) is 55.6 Å². The molecule has 37 heavy (non-hydrogen) atoms. The third-order valence-corrected chi connectivity index (χ3v) is 7.26. The summed E-state index contributed by atoms with van der Waals surface area (Å²) in [4.78, 5) is 16.5. The van der Waals surface area contributed by atoms with Gasteiger partial charge in [0.15, 0.2) is 0 Å². The second kappa shape index (κ2) is 7.69. The Morgan fingerprint density at radius 1 is 0.865 bits per heavy atom. The van der Waals surface area contributed by atoms with Gasteiger partial charge in [0.05, 0.1) is 22.0 Å². The van der Waals surface area contributed by atoms with E-state index in [1.807, 2.05) is 18.2 Å². The molecule has 0 saturated heterocycles. The maximum atomic E-state index is 11.5. The van der Waals surface area contributed by atoms with E-state index in [0.29, 0.717) is 0 Å². The van der Waals surface area contributed by atoms with Crippen LogP contribution in [0.5, 0.6) is 11.5 Å². The number of fused-ring (bicyclic) bond motifs is 4. The van der Waals surface area contributed by atoms with Crippen LogP contribution in [-0.4, -0.2) is 22.2 Å². The Balaban J connectivity index is 1.68. The van der Waals surface area contributed by atoms with E-state index in [-0.39, 0.29) is 16.6 Å². The number of carboxylic acids is 1. The number of anilines is 1. The van der Waals surface area contributed by atoms with E-state index in [1.165, 1.54) is 11.1 Å². The predicted octanol–water partition coefficient (Wildman–Crippen LogP) is 6.16. The number of carboxylic acid groups (broad SMARTS) is 1. The summed E-state index contributed by atoms with van der Waals surface area (Å²) in [6.07, 6.45) is 4.44. The Kier molecular flexibility index (Phi) is 4.84. The van der Waals surface area contributed by atoms with Gasteiger partial charge in [0, 0.05) is 45.3 Å². The van der Waals surface area contributed by atoms with Crippen molar-refractivity contribution in [1.82, 2.24) is 0 Å². The number of nitrogens with zero attached hydrogens (tertiary/aromatic N) is 1. The number of hydrogen-bond donors (Lipinski definition) is 2. The van der Waals surface area contributed by atoms with Crippen molar-refractivity contribution in [3.63, 3.8) is 0 Å². The minimum absolute atomic E-state index is 0.162. The van der Waals surface area contributed by atoms with Gasteiger partial charge in [-0.3, -0.25) is 4.99 Å². The van der Waals surface area contributed by atoms with Crippen LogP contribution in [0.15, 0.2) is 65.7 Å². The van der Waals surface area contributed by atoms with Gasteiger partial charge < -0.3 is 15.2 Å². The van der Waals surface area contributed by atoms with Crippen LogP contribution < -0.4 is 20.6 Å². The number of hydrogen-bond acceptors (Lipinski definition) is 4. The summed E-state index contributed by atoms with van der Waals surface area (Å²) in [7, 11) is 0. The van der Waals surface area contributed by atoms with Crippen molar-refractivity contribution < 1.29 is 14.6 Å². The molecule has 186 valence electrons. The van der Waals surface area contributed by atoms with E-state index in [1.54, 1.807) is 12.1 Å². The molecule has 3 aliphatic heterocycles. The van der Waals surface area contributed by atoms with Crippen LogP contribution in [-0.2, 0) is 0 Å². The number of nitrogens with one attached hydrogen (secondary N) is 1. The zero-order valence-corrected chi connectivity index (χ0v) is 22.0. The molecule has 0 aliphatic carbocycles. The molecule has 6 rings (SSSR count). The first-order valence-electron chi connectivity index (χ1n) is 12.6. The lowest BCUT2D eigenvalue weighted by atomic mass is 9.85. The number of rotatable bonds is 2. The van der Waals surface area contributed by atoms with Crippen molar-refractivity contribution in [2.45, 2.75) is 52.6 Å². The molecule has 2 N–H and O–H groups in total. The quantitative estimate of drug-likeness (QED) is 0.353. The van der Waals surface area contributed by atoms with Gasteiger partial charge in [0.2, 0.25) is 0 Å². The highest BCUT2D eigenvalue weighted by Crippen LogP contribution is 2.44. The molecule has 3 heterocycles. The number of benzene rings is 3. The summed E-state index contributed by atoms with van der Waals surface area (Å²) in [6.45, 7) is 12.8. The zero-order valence-electron chi connectivity index (χ0n) is 22.0. The molecule has 0 fully saturated rings. The molecule has 0 atom stereocenters. The zero-order chi connectivity index (χ0) is 26.3. The Morgan fingerprint density at radius 2 is 1.57 bits per heavy atom. The SMILES string of the molecule is CC1=CC(C)(C)Nc2cc3c(cc21)C(c1ccc(C(=O)O)cc1)=c1cc2c(cc1O3)=NC(C)(C)C=C2C. The maximum absolute atomic E-state index is 11.5. The lowest BCUT2D eigenvalue weighted by Gasteiger charge is -2.33. The Bertz CT molecular complexity index is 1700. The van der Waals surface area contributed by atoms with Gasteiger partial charge in [-0.2, -0.15) is 0 Å². The summed E-state index contributed by atoms with van der Waals surface area (Å²) in [5.74, 6) is 0.579. The van der Waals surface area contributed by atoms with Crippen molar-refractivity contribution in [3.8, 4) is 11.5 Å².